The second-order valence-electron chi connectivity index (χ2n) is 5.05. The number of imidazole rings is 1. The van der Waals surface area contributed by atoms with Crippen LogP contribution in [0.15, 0.2) is 42.5 Å². The third-order valence-electron chi connectivity index (χ3n) is 3.60. The van der Waals surface area contributed by atoms with Crippen LogP contribution in [0.5, 0.6) is 0 Å². The SMILES string of the molecule is CCn1c(-c2ccccc2F)nc2cc(CC(=O)O)ccc21. The standard InChI is InChI=1S/C17H15FN2O2/c1-2-20-15-8-7-11(10-16(21)22)9-14(15)19-17(20)12-5-3-4-6-13(12)18/h3-9H,2,10H2,1H3,(H,21,22). The van der Waals surface area contributed by atoms with Crippen molar-refractivity contribution in [3.05, 3.63) is 53.8 Å². The minimum atomic E-state index is -0.886. The molecule has 3 rings (SSSR count). The van der Waals surface area contributed by atoms with Gasteiger partial charge in [0.15, 0.2) is 0 Å². The molecule has 0 aliphatic rings. The summed E-state index contributed by atoms with van der Waals surface area (Å²) < 4.78 is 16.0. The van der Waals surface area contributed by atoms with Gasteiger partial charge in [-0.1, -0.05) is 18.2 Å². The van der Waals surface area contributed by atoms with Gasteiger partial charge in [0.05, 0.1) is 23.0 Å². The highest BCUT2D eigenvalue weighted by Gasteiger charge is 2.15. The second-order valence-corrected chi connectivity index (χ2v) is 5.05. The van der Waals surface area contributed by atoms with Crippen LogP contribution in [-0.4, -0.2) is 20.6 Å². The van der Waals surface area contributed by atoms with Crippen molar-refractivity contribution in [2.45, 2.75) is 19.9 Å². The molecule has 4 nitrogen and oxygen atoms in total. The Kier molecular flexibility index (Phi) is 3.63. The summed E-state index contributed by atoms with van der Waals surface area (Å²) in [6, 6.07) is 11.9. The van der Waals surface area contributed by atoms with Crippen molar-refractivity contribution < 1.29 is 14.3 Å². The van der Waals surface area contributed by atoms with Crippen LogP contribution in [0.2, 0.25) is 0 Å². The first kappa shape index (κ1) is 14.3. The predicted molar refractivity (Wildman–Crippen MR) is 82.1 cm³/mol. The maximum atomic E-state index is 14.0. The van der Waals surface area contributed by atoms with Gasteiger partial charge in [-0.3, -0.25) is 4.79 Å². The van der Waals surface area contributed by atoms with E-state index in [-0.39, 0.29) is 12.2 Å². The van der Waals surface area contributed by atoms with Crippen LogP contribution in [0.1, 0.15) is 12.5 Å². The Bertz CT molecular complexity index is 855. The third kappa shape index (κ3) is 2.45. The van der Waals surface area contributed by atoms with E-state index in [2.05, 4.69) is 4.98 Å². The average molecular weight is 298 g/mol. The number of nitrogens with zero attached hydrogens (tertiary/aromatic N) is 2. The van der Waals surface area contributed by atoms with Gasteiger partial charge in [0.2, 0.25) is 0 Å². The van der Waals surface area contributed by atoms with Gasteiger partial charge in [0.25, 0.3) is 0 Å². The highest BCUT2D eigenvalue weighted by molar-refractivity contribution is 5.82. The lowest BCUT2D eigenvalue weighted by molar-refractivity contribution is -0.136. The summed E-state index contributed by atoms with van der Waals surface area (Å²) in [6.07, 6.45) is -0.0516. The Hall–Kier alpha value is -2.69. The van der Waals surface area contributed by atoms with Crippen LogP contribution in [-0.2, 0) is 17.8 Å². The van der Waals surface area contributed by atoms with E-state index < -0.39 is 5.97 Å². The number of aromatic nitrogens is 2. The summed E-state index contributed by atoms with van der Waals surface area (Å²) in [6.45, 7) is 2.62. The zero-order chi connectivity index (χ0) is 15.7. The fraction of sp³-hybridized carbons (Fsp3) is 0.176. The minimum absolute atomic E-state index is 0.0516. The lowest BCUT2D eigenvalue weighted by atomic mass is 10.1. The lowest BCUT2D eigenvalue weighted by Crippen LogP contribution is -2.00. The third-order valence-corrected chi connectivity index (χ3v) is 3.60. The van der Waals surface area contributed by atoms with Crippen LogP contribution in [0.3, 0.4) is 0 Å². The summed E-state index contributed by atoms with van der Waals surface area (Å²) >= 11 is 0. The zero-order valence-electron chi connectivity index (χ0n) is 12.1. The van der Waals surface area contributed by atoms with Crippen molar-refractivity contribution in [2.24, 2.45) is 0 Å². The molecule has 0 saturated heterocycles. The van der Waals surface area contributed by atoms with E-state index in [4.69, 9.17) is 5.11 Å². The molecule has 0 atom stereocenters. The molecule has 1 aromatic heterocycles. The van der Waals surface area contributed by atoms with Crippen molar-refractivity contribution in [2.75, 3.05) is 0 Å². The number of carbonyl (C=O) groups is 1. The molecule has 5 heteroatoms. The highest BCUT2D eigenvalue weighted by Crippen LogP contribution is 2.27. The molecule has 1 N–H and O–H groups in total. The number of fused-ring (bicyclic) bond motifs is 1. The minimum Gasteiger partial charge on any atom is -0.481 e. The lowest BCUT2D eigenvalue weighted by Gasteiger charge is -2.06. The number of carboxylic acids is 1. The van der Waals surface area contributed by atoms with E-state index >= 15 is 0 Å². The van der Waals surface area contributed by atoms with Gasteiger partial charge in [-0.15, -0.1) is 0 Å². The first-order chi connectivity index (χ1) is 10.6. The van der Waals surface area contributed by atoms with Crippen molar-refractivity contribution >= 4 is 17.0 Å². The molecule has 0 saturated carbocycles. The Labute approximate surface area is 126 Å². The topological polar surface area (TPSA) is 55.1 Å². The Morgan fingerprint density at radius 1 is 1.27 bits per heavy atom. The highest BCUT2D eigenvalue weighted by atomic mass is 19.1. The number of benzene rings is 2. The predicted octanol–water partition coefficient (Wildman–Crippen LogP) is 3.49. The molecule has 0 amide bonds. The van der Waals surface area contributed by atoms with Crippen LogP contribution in [0.4, 0.5) is 4.39 Å². The maximum absolute atomic E-state index is 14.0. The number of hydrogen-bond donors (Lipinski definition) is 1. The quantitative estimate of drug-likeness (QED) is 0.802. The molecule has 2 aromatic carbocycles. The molecule has 3 aromatic rings. The summed E-state index contributed by atoms with van der Waals surface area (Å²) in [4.78, 5) is 15.3. The summed E-state index contributed by atoms with van der Waals surface area (Å²) in [5, 5.41) is 8.88. The van der Waals surface area contributed by atoms with Gasteiger partial charge in [-0.2, -0.15) is 0 Å². The Morgan fingerprint density at radius 2 is 2.05 bits per heavy atom. The summed E-state index contributed by atoms with van der Waals surface area (Å²) in [7, 11) is 0. The van der Waals surface area contributed by atoms with Crippen molar-refractivity contribution in [3.8, 4) is 11.4 Å². The molecule has 0 spiro atoms. The molecule has 112 valence electrons. The van der Waals surface area contributed by atoms with Crippen LogP contribution in [0.25, 0.3) is 22.4 Å². The number of rotatable bonds is 4. The first-order valence-electron chi connectivity index (χ1n) is 7.06. The van der Waals surface area contributed by atoms with Gasteiger partial charge < -0.3 is 9.67 Å². The number of carboxylic acid groups (broad SMARTS) is 1. The largest absolute Gasteiger partial charge is 0.481 e. The van der Waals surface area contributed by atoms with Crippen LogP contribution >= 0.6 is 0 Å². The molecular weight excluding hydrogens is 283 g/mol. The second kappa shape index (κ2) is 5.60. The van der Waals surface area contributed by atoms with Crippen molar-refractivity contribution in [3.63, 3.8) is 0 Å². The molecule has 22 heavy (non-hydrogen) atoms. The van der Waals surface area contributed by atoms with Crippen LogP contribution in [0, 0.1) is 5.82 Å². The molecule has 0 fully saturated rings. The summed E-state index contributed by atoms with van der Waals surface area (Å²) in [5.41, 5.74) is 2.68. The van der Waals surface area contributed by atoms with Gasteiger partial charge in [-0.05, 0) is 36.8 Å². The maximum Gasteiger partial charge on any atom is 0.307 e. The number of aryl methyl sites for hydroxylation is 1. The van der Waals surface area contributed by atoms with Crippen molar-refractivity contribution in [1.29, 1.82) is 0 Å². The van der Waals surface area contributed by atoms with Crippen LogP contribution < -0.4 is 0 Å². The van der Waals surface area contributed by atoms with Crippen molar-refractivity contribution in [1.82, 2.24) is 9.55 Å². The fourth-order valence-electron chi connectivity index (χ4n) is 2.63. The zero-order valence-corrected chi connectivity index (χ0v) is 12.1. The summed E-state index contributed by atoms with van der Waals surface area (Å²) in [5.74, 6) is -0.648. The molecule has 0 radical (unpaired) electrons. The van der Waals surface area contributed by atoms with E-state index in [0.29, 0.717) is 29.0 Å². The molecule has 0 bridgehead atoms. The number of hydrogen-bond acceptors (Lipinski definition) is 2. The molecule has 0 aliphatic carbocycles. The Balaban J connectivity index is 2.19. The van der Waals surface area contributed by atoms with Gasteiger partial charge >= 0.3 is 5.97 Å². The van der Waals surface area contributed by atoms with Gasteiger partial charge in [-0.25, -0.2) is 9.37 Å². The normalized spacial score (nSPS) is 11.0. The van der Waals surface area contributed by atoms with E-state index in [1.54, 1.807) is 30.3 Å². The molecular formula is C17H15FN2O2. The van der Waals surface area contributed by atoms with E-state index in [1.165, 1.54) is 6.07 Å². The first-order valence-corrected chi connectivity index (χ1v) is 7.06. The van der Waals surface area contributed by atoms with Gasteiger partial charge in [0, 0.05) is 6.54 Å². The molecule has 1 heterocycles. The molecule has 0 unspecified atom stereocenters. The van der Waals surface area contributed by atoms with E-state index in [0.717, 1.165) is 5.52 Å². The van der Waals surface area contributed by atoms with Gasteiger partial charge in [0.1, 0.15) is 11.6 Å². The number of aliphatic carboxylic acids is 1. The smallest absolute Gasteiger partial charge is 0.307 e. The average Bonchev–Trinajstić information content (AvgIpc) is 2.84. The molecule has 0 aliphatic heterocycles. The Morgan fingerprint density at radius 3 is 2.73 bits per heavy atom. The fourth-order valence-corrected chi connectivity index (χ4v) is 2.63. The number of halogens is 1. The monoisotopic (exact) mass is 298 g/mol. The van der Waals surface area contributed by atoms with E-state index in [9.17, 15) is 9.18 Å². The van der Waals surface area contributed by atoms with E-state index in [1.807, 2.05) is 17.6 Å².